The average Bonchev–Trinajstić information content (AvgIpc) is 3.55. The van der Waals surface area contributed by atoms with E-state index in [1.54, 1.807) is 0 Å². The van der Waals surface area contributed by atoms with Crippen molar-refractivity contribution in [2.75, 3.05) is 9.80 Å². The summed E-state index contributed by atoms with van der Waals surface area (Å²) < 4.78 is 0. The van der Waals surface area contributed by atoms with Crippen LogP contribution in [0.15, 0.2) is 231 Å². The van der Waals surface area contributed by atoms with Crippen LogP contribution in [-0.4, -0.2) is 0 Å². The maximum Gasteiger partial charge on any atom is 0.0540 e. The van der Waals surface area contributed by atoms with Gasteiger partial charge in [0.05, 0.1) is 22.7 Å². The van der Waals surface area contributed by atoms with Crippen LogP contribution < -0.4 is 9.80 Å². The first-order valence-corrected chi connectivity index (χ1v) is 25.1. The fraction of sp³-hybridized carbons (Fsp3) is 0.0725. The highest BCUT2D eigenvalue weighted by Crippen LogP contribution is 2.55. The van der Waals surface area contributed by atoms with Crippen molar-refractivity contribution >= 4 is 58.4 Å². The number of rotatable bonds is 8. The molecule has 0 radical (unpaired) electrons. The average molecular weight is 909 g/mol. The molecular formula is C69H52N2. The zero-order valence-corrected chi connectivity index (χ0v) is 40.1. The van der Waals surface area contributed by atoms with Gasteiger partial charge in [-0.3, -0.25) is 0 Å². The van der Waals surface area contributed by atoms with E-state index in [2.05, 4.69) is 278 Å². The highest BCUT2D eigenvalue weighted by Gasteiger charge is 2.40. The third-order valence-electron chi connectivity index (χ3n) is 15.4. The molecule has 0 amide bonds. The third-order valence-corrected chi connectivity index (χ3v) is 15.4. The minimum Gasteiger partial charge on any atom is -0.309 e. The fourth-order valence-corrected chi connectivity index (χ4v) is 11.9. The van der Waals surface area contributed by atoms with Crippen LogP contribution in [0.2, 0.25) is 0 Å². The first kappa shape index (κ1) is 42.4. The topological polar surface area (TPSA) is 6.48 Å². The van der Waals surface area contributed by atoms with Gasteiger partial charge in [0.15, 0.2) is 0 Å². The van der Waals surface area contributed by atoms with E-state index in [1.165, 1.54) is 112 Å². The first-order chi connectivity index (χ1) is 35.1. The molecule has 0 atom stereocenters. The molecule has 2 nitrogen and oxygen atoms in total. The number of hydrogen-bond donors (Lipinski definition) is 0. The summed E-state index contributed by atoms with van der Waals surface area (Å²) in [5.41, 5.74) is 27.3. The Kier molecular flexibility index (Phi) is 10.4. The van der Waals surface area contributed by atoms with Gasteiger partial charge in [0.2, 0.25) is 0 Å². The molecule has 0 saturated carbocycles. The number of anilines is 6. The van der Waals surface area contributed by atoms with Crippen LogP contribution in [0.1, 0.15) is 60.1 Å². The highest BCUT2D eigenvalue weighted by atomic mass is 15.2. The van der Waals surface area contributed by atoms with Gasteiger partial charge in [-0.2, -0.15) is 0 Å². The van der Waals surface area contributed by atoms with E-state index in [0.29, 0.717) is 0 Å². The third kappa shape index (κ3) is 7.01. The number of nitrogens with zero attached hydrogens (tertiary/aromatic N) is 2. The summed E-state index contributed by atoms with van der Waals surface area (Å²) in [4.78, 5) is 4.83. The second-order valence-corrected chi connectivity index (χ2v) is 19.1. The Morgan fingerprint density at radius 2 is 0.549 bits per heavy atom. The number of fused-ring (bicyclic) bond motifs is 13. The summed E-state index contributed by atoms with van der Waals surface area (Å²) in [6.45, 7) is 4.71. The van der Waals surface area contributed by atoms with Crippen molar-refractivity contribution in [2.45, 2.75) is 32.1 Å². The summed E-state index contributed by atoms with van der Waals surface area (Å²) in [7, 11) is 0. The zero-order valence-electron chi connectivity index (χ0n) is 40.1. The molecule has 3 aliphatic rings. The van der Waals surface area contributed by atoms with Crippen molar-refractivity contribution in [2.24, 2.45) is 0 Å². The number of benzene rings is 10. The Hall–Kier alpha value is -8.72. The van der Waals surface area contributed by atoms with Crippen LogP contribution in [0, 0.1) is 0 Å². The molecule has 13 rings (SSSR count). The van der Waals surface area contributed by atoms with Crippen LogP contribution >= 0.6 is 0 Å². The number of para-hydroxylation sites is 4. The molecule has 0 fully saturated rings. The lowest BCUT2D eigenvalue weighted by molar-refractivity contribution is 0.490. The smallest absolute Gasteiger partial charge is 0.0540 e. The molecule has 2 aliphatic heterocycles. The molecule has 0 saturated heterocycles. The van der Waals surface area contributed by atoms with Crippen LogP contribution in [0.4, 0.5) is 34.1 Å². The Bertz CT molecular complexity index is 3360. The molecule has 10 aromatic rings. The van der Waals surface area contributed by atoms with E-state index in [0.717, 1.165) is 24.2 Å². The molecule has 0 unspecified atom stereocenters. The lowest BCUT2D eigenvalue weighted by Crippen LogP contribution is -2.23. The van der Waals surface area contributed by atoms with Crippen molar-refractivity contribution in [1.29, 1.82) is 0 Å². The molecule has 1 aliphatic carbocycles. The largest absolute Gasteiger partial charge is 0.309 e. The van der Waals surface area contributed by atoms with Crippen LogP contribution in [-0.2, 0) is 5.41 Å². The molecular weight excluding hydrogens is 857 g/mol. The van der Waals surface area contributed by atoms with Crippen LogP contribution in [0.3, 0.4) is 0 Å². The molecule has 71 heavy (non-hydrogen) atoms. The zero-order chi connectivity index (χ0) is 47.5. The van der Waals surface area contributed by atoms with Gasteiger partial charge >= 0.3 is 0 Å². The van der Waals surface area contributed by atoms with E-state index in [4.69, 9.17) is 0 Å². The Morgan fingerprint density at radius 3 is 0.859 bits per heavy atom. The Labute approximate surface area is 417 Å². The standard InChI is InChI=1S/C69H52N2/c1-3-69(4-2)63-45-49(31-29-47-33-39-51(40-34-47)70-65-25-13-9-21-59(65)53-17-5-6-18-54(53)60-22-10-14-26-66(60)70)37-43-57(63)58-44-38-50(46-64(58)69)32-30-48-35-41-52(42-36-48)71-67-27-15-11-23-61(67)55-19-7-8-20-56(55)62-24-12-16-28-68(62)71/h5-46H,3-4H2,1-2H3/b31-29+,32-30+. The maximum atomic E-state index is 2.45. The summed E-state index contributed by atoms with van der Waals surface area (Å²) in [5, 5.41) is 0. The first-order valence-electron chi connectivity index (χ1n) is 25.1. The Balaban J connectivity index is 0.761. The van der Waals surface area contributed by atoms with Crippen molar-refractivity contribution in [3.8, 4) is 55.6 Å². The summed E-state index contributed by atoms with van der Waals surface area (Å²) >= 11 is 0. The quantitative estimate of drug-likeness (QED) is 0.140. The van der Waals surface area contributed by atoms with E-state index in [-0.39, 0.29) is 5.41 Å². The molecule has 338 valence electrons. The second kappa shape index (κ2) is 17.4. The Morgan fingerprint density at radius 1 is 0.282 bits per heavy atom. The van der Waals surface area contributed by atoms with E-state index in [1.807, 2.05) is 0 Å². The minimum atomic E-state index is -0.0551. The van der Waals surface area contributed by atoms with Gasteiger partial charge in [-0.05, 0) is 128 Å². The monoisotopic (exact) mass is 908 g/mol. The molecule has 10 aromatic carbocycles. The van der Waals surface area contributed by atoms with E-state index >= 15 is 0 Å². The predicted molar refractivity (Wildman–Crippen MR) is 302 cm³/mol. The fourth-order valence-electron chi connectivity index (χ4n) is 11.9. The SMILES string of the molecule is CCC1(CC)c2cc(/C=C/c3ccc(N4c5ccccc5-c5ccccc5-c5ccccc54)cc3)ccc2-c2ccc(/C=C/c3ccc(N4c5ccccc5-c5ccccc5-c5ccccc54)cc3)cc21. The lowest BCUT2D eigenvalue weighted by atomic mass is 9.73. The van der Waals surface area contributed by atoms with Crippen molar-refractivity contribution < 1.29 is 0 Å². The predicted octanol–water partition coefficient (Wildman–Crippen LogP) is 19.3. The van der Waals surface area contributed by atoms with Gasteiger partial charge in [0.25, 0.3) is 0 Å². The molecule has 2 heteroatoms. The molecule has 0 bridgehead atoms. The van der Waals surface area contributed by atoms with E-state index in [9.17, 15) is 0 Å². The summed E-state index contributed by atoms with van der Waals surface area (Å²) in [6.07, 6.45) is 11.2. The van der Waals surface area contributed by atoms with Gasteiger partial charge in [0.1, 0.15) is 0 Å². The summed E-state index contributed by atoms with van der Waals surface area (Å²) in [5.74, 6) is 0. The van der Waals surface area contributed by atoms with Gasteiger partial charge in [-0.25, -0.2) is 0 Å². The van der Waals surface area contributed by atoms with Gasteiger partial charge in [-0.15, -0.1) is 0 Å². The van der Waals surface area contributed by atoms with Crippen molar-refractivity contribution in [1.82, 2.24) is 0 Å². The second-order valence-electron chi connectivity index (χ2n) is 19.1. The molecule has 0 aromatic heterocycles. The van der Waals surface area contributed by atoms with Gasteiger partial charge in [0, 0.05) is 39.0 Å². The molecule has 0 spiro atoms. The van der Waals surface area contributed by atoms with Crippen LogP contribution in [0.25, 0.3) is 79.9 Å². The van der Waals surface area contributed by atoms with Gasteiger partial charge < -0.3 is 9.80 Å². The van der Waals surface area contributed by atoms with Crippen LogP contribution in [0.5, 0.6) is 0 Å². The highest BCUT2D eigenvalue weighted by molar-refractivity contribution is 6.04. The van der Waals surface area contributed by atoms with E-state index < -0.39 is 0 Å². The summed E-state index contributed by atoms with van der Waals surface area (Å²) in [6, 6.07) is 84.9. The number of hydrogen-bond acceptors (Lipinski definition) is 2. The van der Waals surface area contributed by atoms with Crippen molar-refractivity contribution in [3.63, 3.8) is 0 Å². The lowest BCUT2D eigenvalue weighted by Gasteiger charge is -2.30. The molecule has 0 N–H and O–H groups in total. The maximum absolute atomic E-state index is 2.45. The van der Waals surface area contributed by atoms with Crippen molar-refractivity contribution in [3.05, 3.63) is 264 Å². The minimum absolute atomic E-state index is 0.0551. The van der Waals surface area contributed by atoms with Gasteiger partial charge in [-0.1, -0.05) is 220 Å². The normalized spacial score (nSPS) is 13.5. The molecule has 2 heterocycles.